The van der Waals surface area contributed by atoms with E-state index in [1.54, 1.807) is 0 Å². The van der Waals surface area contributed by atoms with Crippen molar-refractivity contribution in [3.05, 3.63) is 29.6 Å². The van der Waals surface area contributed by atoms with Crippen LogP contribution in [0.25, 0.3) is 0 Å². The molecule has 0 spiro atoms. The van der Waals surface area contributed by atoms with Crippen molar-refractivity contribution in [3.8, 4) is 11.8 Å². The Hall–Kier alpha value is -2.09. The van der Waals surface area contributed by atoms with Crippen molar-refractivity contribution in [1.29, 1.82) is 5.26 Å². The molecule has 0 radical (unpaired) electrons. The smallest absolute Gasteiger partial charge is 0.303 e. The maximum Gasteiger partial charge on any atom is 0.303 e. The molecule has 0 aromatic heterocycles. The third-order valence-electron chi connectivity index (χ3n) is 2.60. The first kappa shape index (κ1) is 14.0. The topological polar surface area (TPSA) is 70.3 Å². The molecule has 5 heteroatoms. The van der Waals surface area contributed by atoms with Gasteiger partial charge in [-0.05, 0) is 36.6 Å². The third kappa shape index (κ3) is 4.06. The molecule has 1 aromatic carbocycles. The predicted octanol–water partition coefficient (Wildman–Crippen LogP) is 2.38. The van der Waals surface area contributed by atoms with Gasteiger partial charge in [-0.15, -0.1) is 0 Å². The molecule has 1 N–H and O–H groups in total. The number of hydrogen-bond donors (Lipinski definition) is 1. The van der Waals surface area contributed by atoms with E-state index in [2.05, 4.69) is 0 Å². The number of nitrogens with zero attached hydrogens (tertiary/aromatic N) is 1. The lowest BCUT2D eigenvalue weighted by atomic mass is 9.95. The molecule has 1 atom stereocenters. The van der Waals surface area contributed by atoms with Gasteiger partial charge in [0, 0.05) is 6.42 Å². The van der Waals surface area contributed by atoms with Gasteiger partial charge in [0.05, 0.1) is 19.1 Å². The van der Waals surface area contributed by atoms with Crippen LogP contribution in [-0.4, -0.2) is 18.2 Å². The van der Waals surface area contributed by atoms with Crippen LogP contribution in [0, 0.1) is 23.1 Å². The first-order valence-corrected chi connectivity index (χ1v) is 5.50. The third-order valence-corrected chi connectivity index (χ3v) is 2.60. The predicted molar refractivity (Wildman–Crippen MR) is 62.6 cm³/mol. The second kappa shape index (κ2) is 6.60. The van der Waals surface area contributed by atoms with Crippen LogP contribution in [-0.2, 0) is 11.2 Å². The molecule has 1 aromatic rings. The van der Waals surface area contributed by atoms with E-state index in [4.69, 9.17) is 15.1 Å². The molecular weight excluding hydrogens is 237 g/mol. The molecule has 18 heavy (non-hydrogen) atoms. The lowest BCUT2D eigenvalue weighted by Gasteiger charge is -2.11. The van der Waals surface area contributed by atoms with E-state index in [0.717, 1.165) is 0 Å². The molecular formula is C13H14FNO3. The average molecular weight is 251 g/mol. The Morgan fingerprint density at radius 1 is 1.61 bits per heavy atom. The van der Waals surface area contributed by atoms with Crippen LogP contribution < -0.4 is 4.74 Å². The summed E-state index contributed by atoms with van der Waals surface area (Å²) in [5.41, 5.74) is 0.578. The van der Waals surface area contributed by atoms with E-state index in [-0.39, 0.29) is 19.3 Å². The Morgan fingerprint density at radius 3 is 2.89 bits per heavy atom. The number of aliphatic carboxylic acids is 1. The molecule has 0 amide bonds. The fourth-order valence-electron chi connectivity index (χ4n) is 1.68. The van der Waals surface area contributed by atoms with Gasteiger partial charge in [-0.3, -0.25) is 4.79 Å². The zero-order valence-corrected chi connectivity index (χ0v) is 10.0. The van der Waals surface area contributed by atoms with Gasteiger partial charge in [-0.2, -0.15) is 5.26 Å². The Labute approximate surface area is 105 Å². The molecule has 0 aliphatic rings. The summed E-state index contributed by atoms with van der Waals surface area (Å²) < 4.78 is 18.2. The number of halogens is 1. The highest BCUT2D eigenvalue weighted by Crippen LogP contribution is 2.24. The maximum absolute atomic E-state index is 13.1. The molecule has 1 rings (SSSR count). The van der Waals surface area contributed by atoms with Crippen molar-refractivity contribution >= 4 is 5.97 Å². The monoisotopic (exact) mass is 251 g/mol. The second-order valence-electron chi connectivity index (χ2n) is 3.92. The number of ether oxygens (including phenoxy) is 1. The van der Waals surface area contributed by atoms with E-state index in [1.807, 2.05) is 6.07 Å². The number of methoxy groups -OCH3 is 1. The van der Waals surface area contributed by atoms with Crippen LogP contribution in [0.1, 0.15) is 18.4 Å². The van der Waals surface area contributed by atoms with E-state index in [0.29, 0.717) is 11.3 Å². The molecule has 96 valence electrons. The number of hydrogen-bond acceptors (Lipinski definition) is 3. The summed E-state index contributed by atoms with van der Waals surface area (Å²) in [5, 5.41) is 17.5. The lowest BCUT2D eigenvalue weighted by molar-refractivity contribution is -0.137. The minimum atomic E-state index is -0.943. The Balaban J connectivity index is 2.78. The van der Waals surface area contributed by atoms with Gasteiger partial charge in [-0.25, -0.2) is 4.39 Å². The van der Waals surface area contributed by atoms with E-state index < -0.39 is 17.7 Å². The molecule has 0 saturated heterocycles. The quantitative estimate of drug-likeness (QED) is 0.842. The SMILES string of the molecule is COc1ccc(F)cc1CC(C#N)CCC(=O)O. The minimum Gasteiger partial charge on any atom is -0.496 e. The Morgan fingerprint density at radius 2 is 2.33 bits per heavy atom. The standard InChI is InChI=1S/C13H14FNO3/c1-18-12-4-3-11(14)7-10(12)6-9(8-15)2-5-13(16)17/h3-4,7,9H,2,5-6H2,1H3,(H,16,17). The zero-order valence-electron chi connectivity index (χ0n) is 10.0. The van der Waals surface area contributed by atoms with Gasteiger partial charge >= 0.3 is 5.97 Å². The van der Waals surface area contributed by atoms with Crippen molar-refractivity contribution < 1.29 is 19.0 Å². The second-order valence-corrected chi connectivity index (χ2v) is 3.92. The van der Waals surface area contributed by atoms with Crippen molar-refractivity contribution in [2.24, 2.45) is 5.92 Å². The number of carboxylic acid groups (broad SMARTS) is 1. The van der Waals surface area contributed by atoms with Gasteiger partial charge in [0.2, 0.25) is 0 Å². The molecule has 0 bridgehead atoms. The average Bonchev–Trinajstić information content (AvgIpc) is 2.34. The Bertz CT molecular complexity index is 468. The van der Waals surface area contributed by atoms with Crippen LogP contribution in [0.15, 0.2) is 18.2 Å². The summed E-state index contributed by atoms with van der Waals surface area (Å²) in [7, 11) is 1.47. The number of rotatable bonds is 6. The van der Waals surface area contributed by atoms with Crippen LogP contribution in [0.4, 0.5) is 4.39 Å². The van der Waals surface area contributed by atoms with Crippen LogP contribution in [0.3, 0.4) is 0 Å². The summed E-state index contributed by atoms with van der Waals surface area (Å²) in [4.78, 5) is 10.5. The molecule has 0 aliphatic carbocycles. The van der Waals surface area contributed by atoms with Crippen LogP contribution in [0.2, 0.25) is 0 Å². The number of benzene rings is 1. The minimum absolute atomic E-state index is 0.0736. The maximum atomic E-state index is 13.1. The van der Waals surface area contributed by atoms with Gasteiger partial charge in [0.15, 0.2) is 0 Å². The summed E-state index contributed by atoms with van der Waals surface area (Å²) in [6.07, 6.45) is 0.450. The van der Waals surface area contributed by atoms with E-state index >= 15 is 0 Å². The van der Waals surface area contributed by atoms with Crippen LogP contribution in [0.5, 0.6) is 5.75 Å². The molecule has 1 unspecified atom stereocenters. The van der Waals surface area contributed by atoms with E-state index in [1.165, 1.54) is 25.3 Å². The number of carbonyl (C=O) groups is 1. The number of carboxylic acids is 1. The molecule has 0 aliphatic heterocycles. The zero-order chi connectivity index (χ0) is 13.5. The van der Waals surface area contributed by atoms with Gasteiger partial charge in [0.25, 0.3) is 0 Å². The highest BCUT2D eigenvalue weighted by atomic mass is 19.1. The lowest BCUT2D eigenvalue weighted by Crippen LogP contribution is -2.07. The van der Waals surface area contributed by atoms with Crippen molar-refractivity contribution in [2.45, 2.75) is 19.3 Å². The summed E-state index contributed by atoms with van der Waals surface area (Å²) in [6.45, 7) is 0. The largest absolute Gasteiger partial charge is 0.496 e. The molecule has 4 nitrogen and oxygen atoms in total. The summed E-state index contributed by atoms with van der Waals surface area (Å²) in [5.74, 6) is -1.30. The van der Waals surface area contributed by atoms with Crippen molar-refractivity contribution in [3.63, 3.8) is 0 Å². The van der Waals surface area contributed by atoms with Gasteiger partial charge < -0.3 is 9.84 Å². The van der Waals surface area contributed by atoms with Gasteiger partial charge in [0.1, 0.15) is 11.6 Å². The first-order chi connectivity index (χ1) is 8.56. The highest BCUT2D eigenvalue weighted by molar-refractivity contribution is 5.66. The van der Waals surface area contributed by atoms with E-state index in [9.17, 15) is 9.18 Å². The van der Waals surface area contributed by atoms with Gasteiger partial charge in [-0.1, -0.05) is 0 Å². The van der Waals surface area contributed by atoms with Crippen molar-refractivity contribution in [2.75, 3.05) is 7.11 Å². The molecule has 0 saturated carbocycles. The molecule has 0 heterocycles. The fourth-order valence-corrected chi connectivity index (χ4v) is 1.68. The highest BCUT2D eigenvalue weighted by Gasteiger charge is 2.14. The number of nitriles is 1. The summed E-state index contributed by atoms with van der Waals surface area (Å²) >= 11 is 0. The molecule has 0 fully saturated rings. The Kier molecular flexibility index (Phi) is 5.12. The normalized spacial score (nSPS) is 11.6. The van der Waals surface area contributed by atoms with Crippen LogP contribution >= 0.6 is 0 Å². The summed E-state index contributed by atoms with van der Waals surface area (Å²) in [6, 6.07) is 6.12. The fraction of sp³-hybridized carbons (Fsp3) is 0.385. The van der Waals surface area contributed by atoms with Crippen molar-refractivity contribution in [1.82, 2.24) is 0 Å². The first-order valence-electron chi connectivity index (χ1n) is 5.50.